The molecule has 2 amide bonds. The van der Waals surface area contributed by atoms with Crippen LogP contribution in [0.1, 0.15) is 16.8 Å². The maximum Gasteiger partial charge on any atom is 0.253 e. The van der Waals surface area contributed by atoms with Crippen LogP contribution in [0, 0.1) is 5.92 Å². The predicted molar refractivity (Wildman–Crippen MR) is 89.3 cm³/mol. The molecule has 6 heteroatoms. The number of nitrogens with one attached hydrogen (secondary N) is 2. The molecular formula is C16H21N3O2S. The molecule has 2 N–H and O–H groups in total. The Bertz CT molecular complexity index is 552. The van der Waals surface area contributed by atoms with Gasteiger partial charge in [0.2, 0.25) is 5.91 Å². The lowest BCUT2D eigenvalue weighted by Crippen LogP contribution is -2.37. The molecule has 1 unspecified atom stereocenters. The van der Waals surface area contributed by atoms with Gasteiger partial charge in [-0.25, -0.2) is 0 Å². The predicted octanol–water partition coefficient (Wildman–Crippen LogP) is 1.42. The highest BCUT2D eigenvalue weighted by molar-refractivity contribution is 7.99. The fourth-order valence-corrected chi connectivity index (χ4v) is 3.70. The molecule has 1 aromatic rings. The van der Waals surface area contributed by atoms with Crippen molar-refractivity contribution in [3.63, 3.8) is 0 Å². The average Bonchev–Trinajstić information content (AvgIpc) is 3.10. The second kappa shape index (κ2) is 7.15. The lowest BCUT2D eigenvalue weighted by Gasteiger charge is -2.26. The number of carbonyl (C=O) groups excluding carboxylic acids is 2. The fourth-order valence-electron chi connectivity index (χ4n) is 2.80. The minimum absolute atomic E-state index is 0.0264. The largest absolute Gasteiger partial charge is 0.337 e. The molecule has 0 spiro atoms. The van der Waals surface area contributed by atoms with Crippen molar-refractivity contribution < 1.29 is 9.59 Å². The van der Waals surface area contributed by atoms with Crippen molar-refractivity contribution in [2.45, 2.75) is 6.42 Å². The zero-order chi connectivity index (χ0) is 15.4. The van der Waals surface area contributed by atoms with Gasteiger partial charge < -0.3 is 15.5 Å². The maximum absolute atomic E-state index is 12.5. The first-order valence-corrected chi connectivity index (χ1v) is 8.88. The molecule has 3 rings (SSSR count). The van der Waals surface area contributed by atoms with E-state index in [4.69, 9.17) is 0 Å². The van der Waals surface area contributed by atoms with Crippen LogP contribution < -0.4 is 10.6 Å². The van der Waals surface area contributed by atoms with Crippen molar-refractivity contribution in [2.24, 2.45) is 5.92 Å². The zero-order valence-corrected chi connectivity index (χ0v) is 13.3. The molecule has 5 nitrogen and oxygen atoms in total. The number of benzene rings is 1. The monoisotopic (exact) mass is 319 g/mol. The highest BCUT2D eigenvalue weighted by atomic mass is 32.2. The van der Waals surface area contributed by atoms with Crippen molar-refractivity contribution in [1.82, 2.24) is 10.2 Å². The van der Waals surface area contributed by atoms with Gasteiger partial charge in [-0.1, -0.05) is 6.07 Å². The first-order valence-electron chi connectivity index (χ1n) is 7.73. The Hall–Kier alpha value is -1.53. The molecule has 0 saturated carbocycles. The van der Waals surface area contributed by atoms with Crippen molar-refractivity contribution in [3.8, 4) is 0 Å². The normalized spacial score (nSPS) is 21.6. The van der Waals surface area contributed by atoms with Crippen LogP contribution in [0.2, 0.25) is 0 Å². The number of hydrogen-bond acceptors (Lipinski definition) is 4. The molecule has 0 bridgehead atoms. The Kier molecular flexibility index (Phi) is 5.00. The Balaban J connectivity index is 1.66. The third-order valence-electron chi connectivity index (χ3n) is 4.11. The van der Waals surface area contributed by atoms with Crippen molar-refractivity contribution in [3.05, 3.63) is 29.8 Å². The Morgan fingerprint density at radius 2 is 2.09 bits per heavy atom. The lowest BCUT2D eigenvalue weighted by molar-refractivity contribution is -0.119. The van der Waals surface area contributed by atoms with Crippen LogP contribution in [-0.4, -0.2) is 54.4 Å². The number of nitrogens with zero attached hydrogens (tertiary/aromatic N) is 1. The number of carbonyl (C=O) groups is 2. The zero-order valence-electron chi connectivity index (χ0n) is 12.5. The van der Waals surface area contributed by atoms with Gasteiger partial charge in [0.15, 0.2) is 0 Å². The summed E-state index contributed by atoms with van der Waals surface area (Å²) in [6.45, 7) is 3.22. The first-order chi connectivity index (χ1) is 10.7. The minimum Gasteiger partial charge on any atom is -0.337 e. The van der Waals surface area contributed by atoms with Gasteiger partial charge in [0.25, 0.3) is 5.91 Å². The average molecular weight is 319 g/mol. The summed E-state index contributed by atoms with van der Waals surface area (Å²) in [5, 5.41) is 6.12. The number of thioether (sulfide) groups is 1. The van der Waals surface area contributed by atoms with E-state index in [0.29, 0.717) is 11.3 Å². The quantitative estimate of drug-likeness (QED) is 0.885. The van der Waals surface area contributed by atoms with E-state index >= 15 is 0 Å². The minimum atomic E-state index is 0.0264. The third kappa shape index (κ3) is 3.62. The van der Waals surface area contributed by atoms with Crippen molar-refractivity contribution >= 4 is 29.3 Å². The summed E-state index contributed by atoms with van der Waals surface area (Å²) in [7, 11) is 0. The molecule has 2 aliphatic rings. The molecule has 22 heavy (non-hydrogen) atoms. The molecule has 118 valence electrons. The summed E-state index contributed by atoms with van der Waals surface area (Å²) in [6, 6.07) is 7.26. The van der Waals surface area contributed by atoms with E-state index in [9.17, 15) is 9.59 Å². The van der Waals surface area contributed by atoms with Gasteiger partial charge in [0.1, 0.15) is 0 Å². The molecule has 0 radical (unpaired) electrons. The lowest BCUT2D eigenvalue weighted by atomic mass is 10.1. The summed E-state index contributed by atoms with van der Waals surface area (Å²) >= 11 is 1.88. The molecule has 0 aliphatic carbocycles. The number of anilines is 1. The number of amides is 2. The molecule has 2 saturated heterocycles. The van der Waals surface area contributed by atoms with Crippen LogP contribution in [-0.2, 0) is 4.79 Å². The van der Waals surface area contributed by atoms with E-state index in [0.717, 1.165) is 44.1 Å². The van der Waals surface area contributed by atoms with E-state index in [1.54, 1.807) is 6.07 Å². The van der Waals surface area contributed by atoms with Crippen LogP contribution in [0.25, 0.3) is 0 Å². The van der Waals surface area contributed by atoms with Gasteiger partial charge in [-0.3, -0.25) is 9.59 Å². The fraction of sp³-hybridized carbons (Fsp3) is 0.500. The van der Waals surface area contributed by atoms with Gasteiger partial charge in [0.05, 0.1) is 5.92 Å². The van der Waals surface area contributed by atoms with Crippen molar-refractivity contribution in [2.75, 3.05) is 43.0 Å². The molecule has 2 aliphatic heterocycles. The molecule has 1 atom stereocenters. The first kappa shape index (κ1) is 15.4. The third-order valence-corrected chi connectivity index (χ3v) is 5.05. The van der Waals surface area contributed by atoms with Crippen LogP contribution in [0.4, 0.5) is 5.69 Å². The Morgan fingerprint density at radius 1 is 1.27 bits per heavy atom. The summed E-state index contributed by atoms with van der Waals surface area (Å²) in [6.07, 6.45) is 0.871. The highest BCUT2D eigenvalue weighted by Gasteiger charge is 2.23. The smallest absolute Gasteiger partial charge is 0.253 e. The highest BCUT2D eigenvalue weighted by Crippen LogP contribution is 2.18. The molecule has 2 fully saturated rings. The van der Waals surface area contributed by atoms with E-state index in [2.05, 4.69) is 10.6 Å². The van der Waals surface area contributed by atoms with Crippen LogP contribution >= 0.6 is 11.8 Å². The van der Waals surface area contributed by atoms with Gasteiger partial charge in [-0.05, 0) is 31.2 Å². The van der Waals surface area contributed by atoms with Crippen LogP contribution in [0.5, 0.6) is 0 Å². The van der Waals surface area contributed by atoms with E-state index in [1.807, 2.05) is 34.9 Å². The van der Waals surface area contributed by atoms with E-state index < -0.39 is 0 Å². The molecule has 2 heterocycles. The number of rotatable bonds is 3. The molecule has 0 aromatic heterocycles. The second-order valence-electron chi connectivity index (χ2n) is 5.66. The van der Waals surface area contributed by atoms with E-state index in [-0.39, 0.29) is 17.7 Å². The molecular weight excluding hydrogens is 298 g/mol. The van der Waals surface area contributed by atoms with Crippen LogP contribution in [0.15, 0.2) is 24.3 Å². The topological polar surface area (TPSA) is 61.4 Å². The Labute approximate surface area is 134 Å². The van der Waals surface area contributed by atoms with Gasteiger partial charge >= 0.3 is 0 Å². The maximum atomic E-state index is 12.5. The van der Waals surface area contributed by atoms with Gasteiger partial charge in [-0.2, -0.15) is 11.8 Å². The van der Waals surface area contributed by atoms with Gasteiger partial charge in [-0.15, -0.1) is 0 Å². The van der Waals surface area contributed by atoms with Crippen molar-refractivity contribution in [1.29, 1.82) is 0 Å². The number of hydrogen-bond donors (Lipinski definition) is 2. The van der Waals surface area contributed by atoms with Crippen LogP contribution in [0.3, 0.4) is 0 Å². The molecule has 1 aromatic carbocycles. The Morgan fingerprint density at radius 3 is 2.82 bits per heavy atom. The summed E-state index contributed by atoms with van der Waals surface area (Å²) < 4.78 is 0. The summed E-state index contributed by atoms with van der Waals surface area (Å²) in [4.78, 5) is 26.5. The van der Waals surface area contributed by atoms with Gasteiger partial charge in [0, 0.05) is 42.4 Å². The van der Waals surface area contributed by atoms with E-state index in [1.165, 1.54) is 0 Å². The summed E-state index contributed by atoms with van der Waals surface area (Å²) in [5.41, 5.74) is 1.35. The SMILES string of the molecule is O=C(Nc1cccc(C(=O)N2CCSCC2)c1)C1CCNC1. The second-order valence-corrected chi connectivity index (χ2v) is 6.89. The summed E-state index contributed by atoms with van der Waals surface area (Å²) in [5.74, 6) is 2.11. The standard InChI is InChI=1S/C16H21N3O2S/c20-15(13-4-5-17-11-13)18-14-3-1-2-12(10-14)16(21)19-6-8-22-9-7-19/h1-3,10,13,17H,4-9,11H2,(H,18,20).